The van der Waals surface area contributed by atoms with Crippen molar-refractivity contribution < 1.29 is 19.1 Å². The predicted octanol–water partition coefficient (Wildman–Crippen LogP) is 3.62. The highest BCUT2D eigenvalue weighted by molar-refractivity contribution is 7.14. The van der Waals surface area contributed by atoms with Crippen LogP contribution in [0, 0.1) is 0 Å². The van der Waals surface area contributed by atoms with Crippen LogP contribution >= 0.6 is 11.3 Å². The molecule has 0 fully saturated rings. The van der Waals surface area contributed by atoms with Gasteiger partial charge in [0.25, 0.3) is 11.8 Å². The fourth-order valence-corrected chi connectivity index (χ4v) is 3.90. The third kappa shape index (κ3) is 3.79. The van der Waals surface area contributed by atoms with E-state index in [1.807, 2.05) is 24.3 Å². The molecule has 0 saturated carbocycles. The highest BCUT2D eigenvalue weighted by atomic mass is 32.1. The number of nitrogens with one attached hydrogen (secondary N) is 1. The van der Waals surface area contributed by atoms with Crippen LogP contribution < -0.4 is 19.7 Å². The number of nitrogens with zero attached hydrogens (tertiary/aromatic N) is 2. The van der Waals surface area contributed by atoms with Crippen molar-refractivity contribution in [3.63, 3.8) is 0 Å². The largest absolute Gasteiger partial charge is 0.497 e. The van der Waals surface area contributed by atoms with Gasteiger partial charge < -0.3 is 14.4 Å². The van der Waals surface area contributed by atoms with Gasteiger partial charge in [-0.15, -0.1) is 11.3 Å². The first-order chi connectivity index (χ1) is 14.1. The zero-order chi connectivity index (χ0) is 20.4. The van der Waals surface area contributed by atoms with Gasteiger partial charge in [0.15, 0.2) is 5.13 Å². The molecule has 0 saturated heterocycles. The summed E-state index contributed by atoms with van der Waals surface area (Å²) in [7, 11) is 3.04. The molecule has 7 nitrogen and oxygen atoms in total. The summed E-state index contributed by atoms with van der Waals surface area (Å²) in [6, 6.07) is 12.8. The number of rotatable bonds is 5. The van der Waals surface area contributed by atoms with Gasteiger partial charge in [-0.05, 0) is 30.2 Å². The predicted molar refractivity (Wildman–Crippen MR) is 111 cm³/mol. The Bertz CT molecular complexity index is 1060. The Morgan fingerprint density at radius 2 is 1.83 bits per heavy atom. The van der Waals surface area contributed by atoms with Crippen molar-refractivity contribution in [3.8, 4) is 11.5 Å². The van der Waals surface area contributed by atoms with E-state index < -0.39 is 0 Å². The van der Waals surface area contributed by atoms with Gasteiger partial charge in [0, 0.05) is 29.2 Å². The number of anilines is 2. The lowest BCUT2D eigenvalue weighted by Gasteiger charge is -2.15. The third-order valence-corrected chi connectivity index (χ3v) is 5.45. The zero-order valence-electron chi connectivity index (χ0n) is 16.0. The maximum absolute atomic E-state index is 12.9. The highest BCUT2D eigenvalue weighted by Gasteiger charge is 2.27. The van der Waals surface area contributed by atoms with Crippen molar-refractivity contribution in [2.75, 3.05) is 31.0 Å². The quantitative estimate of drug-likeness (QED) is 0.696. The van der Waals surface area contributed by atoms with E-state index in [0.29, 0.717) is 34.4 Å². The van der Waals surface area contributed by atoms with Gasteiger partial charge in [-0.3, -0.25) is 14.9 Å². The molecule has 0 spiro atoms. The number of carbonyl (C=O) groups is 2. The lowest BCUT2D eigenvalue weighted by Crippen LogP contribution is -2.29. The normalized spacial score (nSPS) is 12.4. The molecule has 1 aliphatic rings. The van der Waals surface area contributed by atoms with Gasteiger partial charge >= 0.3 is 0 Å². The van der Waals surface area contributed by atoms with E-state index in [1.54, 1.807) is 28.5 Å². The van der Waals surface area contributed by atoms with Crippen molar-refractivity contribution in [1.82, 2.24) is 4.98 Å². The standard InChI is InChI=1S/C21H19N3O4S/c1-27-15-9-14(10-16(11-15)28-2)19(25)23-21-22-17(12-29-21)20(26)24-8-7-13-5-3-4-6-18(13)24/h3-6,9-12H,7-8H2,1-2H3,(H,22,23,25). The van der Waals surface area contributed by atoms with Crippen molar-refractivity contribution in [3.05, 3.63) is 64.7 Å². The summed E-state index contributed by atoms with van der Waals surface area (Å²) in [5.74, 6) is 0.492. The minimum absolute atomic E-state index is 0.172. The number of amides is 2. The SMILES string of the molecule is COc1cc(OC)cc(C(=O)Nc2nc(C(=O)N3CCc4ccccc43)cs2)c1. The van der Waals surface area contributed by atoms with Gasteiger partial charge in [-0.1, -0.05) is 18.2 Å². The molecule has 2 amide bonds. The van der Waals surface area contributed by atoms with E-state index >= 15 is 0 Å². The Labute approximate surface area is 171 Å². The monoisotopic (exact) mass is 409 g/mol. The van der Waals surface area contributed by atoms with E-state index in [-0.39, 0.29) is 11.8 Å². The molecule has 2 aromatic carbocycles. The number of hydrogen-bond donors (Lipinski definition) is 1. The molecule has 29 heavy (non-hydrogen) atoms. The van der Waals surface area contributed by atoms with E-state index in [4.69, 9.17) is 9.47 Å². The molecule has 1 N–H and O–H groups in total. The molecule has 0 unspecified atom stereocenters. The second kappa shape index (κ2) is 7.92. The number of thiazole rings is 1. The summed E-state index contributed by atoms with van der Waals surface area (Å²) in [5.41, 5.74) is 2.75. The second-order valence-electron chi connectivity index (χ2n) is 6.43. The van der Waals surface area contributed by atoms with Gasteiger partial charge in [0.1, 0.15) is 17.2 Å². The highest BCUT2D eigenvalue weighted by Crippen LogP contribution is 2.30. The van der Waals surface area contributed by atoms with E-state index in [0.717, 1.165) is 17.7 Å². The first-order valence-electron chi connectivity index (χ1n) is 8.99. The fraction of sp³-hybridized carbons (Fsp3) is 0.190. The van der Waals surface area contributed by atoms with E-state index in [1.165, 1.54) is 25.6 Å². The Morgan fingerprint density at radius 3 is 2.55 bits per heavy atom. The molecular weight excluding hydrogens is 390 g/mol. The molecule has 4 rings (SSSR count). The fourth-order valence-electron chi connectivity index (χ4n) is 3.22. The van der Waals surface area contributed by atoms with E-state index in [9.17, 15) is 9.59 Å². The van der Waals surface area contributed by atoms with Crippen LogP contribution in [0.5, 0.6) is 11.5 Å². The van der Waals surface area contributed by atoms with E-state index in [2.05, 4.69) is 10.3 Å². The van der Waals surface area contributed by atoms with Gasteiger partial charge in [-0.2, -0.15) is 0 Å². The molecule has 0 atom stereocenters. The molecule has 148 valence electrons. The minimum Gasteiger partial charge on any atom is -0.497 e. The second-order valence-corrected chi connectivity index (χ2v) is 7.29. The van der Waals surface area contributed by atoms with Crippen LogP contribution in [-0.2, 0) is 6.42 Å². The summed E-state index contributed by atoms with van der Waals surface area (Å²) in [6.07, 6.45) is 0.827. The van der Waals surface area contributed by atoms with Crippen LogP contribution in [0.3, 0.4) is 0 Å². The van der Waals surface area contributed by atoms with Crippen molar-refractivity contribution in [2.45, 2.75) is 6.42 Å². The molecule has 0 radical (unpaired) electrons. The van der Waals surface area contributed by atoms with Crippen LogP contribution in [0.4, 0.5) is 10.8 Å². The smallest absolute Gasteiger partial charge is 0.277 e. The van der Waals surface area contributed by atoms with Crippen molar-refractivity contribution >= 4 is 34.0 Å². The lowest BCUT2D eigenvalue weighted by molar-refractivity contribution is 0.0982. The number of aromatic nitrogens is 1. The molecule has 2 heterocycles. The summed E-state index contributed by atoms with van der Waals surface area (Å²) < 4.78 is 10.4. The molecule has 8 heteroatoms. The summed E-state index contributed by atoms with van der Waals surface area (Å²) in [5, 5.41) is 4.74. The number of methoxy groups -OCH3 is 2. The number of ether oxygens (including phenoxy) is 2. The van der Waals surface area contributed by atoms with Crippen LogP contribution in [0.15, 0.2) is 47.8 Å². The molecule has 1 aromatic heterocycles. The minimum atomic E-state index is -0.359. The average Bonchev–Trinajstić information content (AvgIpc) is 3.40. The molecule has 3 aromatic rings. The number of para-hydroxylation sites is 1. The van der Waals surface area contributed by atoms with Crippen LogP contribution in [-0.4, -0.2) is 37.6 Å². The molecular formula is C21H19N3O4S. The number of carbonyl (C=O) groups excluding carboxylic acids is 2. The van der Waals surface area contributed by atoms with Crippen molar-refractivity contribution in [2.24, 2.45) is 0 Å². The van der Waals surface area contributed by atoms with Crippen LogP contribution in [0.1, 0.15) is 26.4 Å². The molecule has 1 aliphatic heterocycles. The maximum Gasteiger partial charge on any atom is 0.277 e. The van der Waals surface area contributed by atoms with Crippen LogP contribution in [0.25, 0.3) is 0 Å². The maximum atomic E-state index is 12.9. The zero-order valence-corrected chi connectivity index (χ0v) is 16.8. The van der Waals surface area contributed by atoms with Crippen molar-refractivity contribution in [1.29, 1.82) is 0 Å². The van der Waals surface area contributed by atoms with Gasteiger partial charge in [-0.25, -0.2) is 4.98 Å². The van der Waals surface area contributed by atoms with Gasteiger partial charge in [0.2, 0.25) is 0 Å². The summed E-state index contributed by atoms with van der Waals surface area (Å²) in [6.45, 7) is 0.626. The number of fused-ring (bicyclic) bond motifs is 1. The first kappa shape index (κ1) is 18.9. The number of hydrogen-bond acceptors (Lipinski definition) is 6. The summed E-state index contributed by atoms with van der Waals surface area (Å²) >= 11 is 1.21. The first-order valence-corrected chi connectivity index (χ1v) is 9.86. The van der Waals surface area contributed by atoms with Crippen LogP contribution in [0.2, 0.25) is 0 Å². The Morgan fingerprint density at radius 1 is 1.10 bits per heavy atom. The molecule has 0 aliphatic carbocycles. The Balaban J connectivity index is 1.50. The average molecular weight is 409 g/mol. The Hall–Kier alpha value is -3.39. The summed E-state index contributed by atoms with van der Waals surface area (Å²) in [4.78, 5) is 31.5. The lowest BCUT2D eigenvalue weighted by atomic mass is 10.2. The third-order valence-electron chi connectivity index (χ3n) is 4.69. The Kier molecular flexibility index (Phi) is 5.18. The topological polar surface area (TPSA) is 80.8 Å². The molecule has 0 bridgehead atoms. The number of benzene rings is 2. The van der Waals surface area contributed by atoms with Gasteiger partial charge in [0.05, 0.1) is 14.2 Å².